The summed E-state index contributed by atoms with van der Waals surface area (Å²) in [6.07, 6.45) is 3.78. The van der Waals surface area contributed by atoms with Gasteiger partial charge in [-0.3, -0.25) is 0 Å². The third-order valence-corrected chi connectivity index (χ3v) is 12.2. The highest BCUT2D eigenvalue weighted by atomic mass is 28.4. The highest BCUT2D eigenvalue weighted by molar-refractivity contribution is 6.99. The van der Waals surface area contributed by atoms with E-state index in [0.717, 1.165) is 16.9 Å². The van der Waals surface area contributed by atoms with Crippen molar-refractivity contribution >= 4 is 24.7 Å². The van der Waals surface area contributed by atoms with Gasteiger partial charge in [-0.1, -0.05) is 99.6 Å². The lowest BCUT2D eigenvalue weighted by atomic mass is 10.2. The summed E-state index contributed by atoms with van der Waals surface area (Å²) >= 11 is 0. The van der Waals surface area contributed by atoms with Gasteiger partial charge < -0.3 is 18.6 Å². The summed E-state index contributed by atoms with van der Waals surface area (Å²) in [5.41, 5.74) is 1.96. The molecule has 0 amide bonds. The molecule has 0 N–H and O–H groups in total. The first kappa shape index (κ1) is 33.1. The minimum absolute atomic E-state index is 0.117. The summed E-state index contributed by atoms with van der Waals surface area (Å²) in [6.45, 7) is 15.2. The van der Waals surface area contributed by atoms with Gasteiger partial charge in [0.25, 0.3) is 8.32 Å². The van der Waals surface area contributed by atoms with Crippen molar-refractivity contribution in [2.75, 3.05) is 13.7 Å². The molecule has 0 aliphatic carbocycles. The second kappa shape index (κ2) is 15.7. The number of carbonyl (C=O) groups excluding carboxylic acids is 1. The highest BCUT2D eigenvalue weighted by Gasteiger charge is 2.50. The molecule has 0 aliphatic rings. The molecule has 1 unspecified atom stereocenters. The van der Waals surface area contributed by atoms with Gasteiger partial charge in [0, 0.05) is 0 Å². The molecule has 0 saturated carbocycles. The van der Waals surface area contributed by atoms with Crippen LogP contribution in [0.25, 0.3) is 0 Å². The molecule has 6 heteroatoms. The van der Waals surface area contributed by atoms with Gasteiger partial charge in [0.05, 0.1) is 20.3 Å². The molecule has 0 spiro atoms. The summed E-state index contributed by atoms with van der Waals surface area (Å²) in [5, 5.41) is 2.35. The molecule has 0 fully saturated rings. The molecule has 0 aliphatic heterocycles. The number of carbonyl (C=O) groups is 1. The van der Waals surface area contributed by atoms with E-state index in [1.54, 1.807) is 13.2 Å². The molecule has 42 heavy (non-hydrogen) atoms. The molecule has 0 heterocycles. The lowest BCUT2D eigenvalue weighted by Gasteiger charge is -2.43. The highest BCUT2D eigenvalue weighted by Crippen LogP contribution is 2.37. The maximum atomic E-state index is 13.1. The minimum Gasteiger partial charge on any atom is -0.497 e. The number of rotatable bonds is 15. The number of allylic oxidation sites excluding steroid dienone is 1. The Balaban J connectivity index is 1.72. The first-order chi connectivity index (χ1) is 20.1. The van der Waals surface area contributed by atoms with Gasteiger partial charge in [-0.05, 0) is 71.4 Å². The van der Waals surface area contributed by atoms with Crippen LogP contribution in [0.3, 0.4) is 0 Å². The molecule has 3 aromatic rings. The second-order valence-corrected chi connectivity index (χ2v) is 15.9. The van der Waals surface area contributed by atoms with Crippen LogP contribution in [0.4, 0.5) is 0 Å². The van der Waals surface area contributed by atoms with Gasteiger partial charge in [-0.2, -0.15) is 0 Å². The Morgan fingerprint density at radius 2 is 1.50 bits per heavy atom. The maximum absolute atomic E-state index is 13.1. The number of esters is 1. The minimum atomic E-state index is -2.66. The third kappa shape index (κ3) is 8.77. The Hall–Kier alpha value is -3.45. The largest absolute Gasteiger partial charge is 0.497 e. The van der Waals surface area contributed by atoms with Crippen molar-refractivity contribution in [3.05, 3.63) is 115 Å². The van der Waals surface area contributed by atoms with Crippen molar-refractivity contribution in [2.24, 2.45) is 0 Å². The van der Waals surface area contributed by atoms with E-state index in [1.807, 2.05) is 56.3 Å². The average Bonchev–Trinajstić information content (AvgIpc) is 2.98. The van der Waals surface area contributed by atoms with Crippen LogP contribution in [0.15, 0.2) is 109 Å². The van der Waals surface area contributed by atoms with Crippen LogP contribution >= 0.6 is 0 Å². The predicted octanol–water partition coefficient (Wildman–Crippen LogP) is 7.00. The van der Waals surface area contributed by atoms with Crippen LogP contribution in [0.1, 0.15) is 53.0 Å². The van der Waals surface area contributed by atoms with Gasteiger partial charge in [0.2, 0.25) is 0 Å². The molecular weight excluding hydrogens is 540 g/mol. The van der Waals surface area contributed by atoms with E-state index in [2.05, 4.69) is 75.9 Å². The Kier molecular flexibility index (Phi) is 12.3. The SMILES string of the molecule is C=CCCC(OCc1ccc(OC)cc1)C(=O)O[C@@H](C)/C=C(/C)CO[Si](c1ccccc1)(c1ccccc1)C(C)(C)C. The molecule has 0 bridgehead atoms. The van der Waals surface area contributed by atoms with Crippen LogP contribution in [0.2, 0.25) is 5.04 Å². The van der Waals surface area contributed by atoms with E-state index in [0.29, 0.717) is 26.1 Å². The number of ether oxygens (including phenoxy) is 3. The first-order valence-corrected chi connectivity index (χ1v) is 16.5. The van der Waals surface area contributed by atoms with Crippen molar-refractivity contribution < 1.29 is 23.4 Å². The van der Waals surface area contributed by atoms with Crippen molar-refractivity contribution in [1.82, 2.24) is 0 Å². The van der Waals surface area contributed by atoms with E-state index >= 15 is 0 Å². The zero-order valence-electron chi connectivity index (χ0n) is 26.0. The number of hydrogen-bond acceptors (Lipinski definition) is 5. The molecule has 224 valence electrons. The third-order valence-electron chi connectivity index (χ3n) is 7.26. The Labute approximate surface area is 253 Å². The summed E-state index contributed by atoms with van der Waals surface area (Å²) in [6, 6.07) is 28.8. The maximum Gasteiger partial charge on any atom is 0.335 e. The van der Waals surface area contributed by atoms with E-state index in [1.165, 1.54) is 10.4 Å². The zero-order valence-corrected chi connectivity index (χ0v) is 27.0. The van der Waals surface area contributed by atoms with Crippen LogP contribution < -0.4 is 15.1 Å². The van der Waals surface area contributed by atoms with E-state index in [-0.39, 0.29) is 11.0 Å². The van der Waals surface area contributed by atoms with E-state index < -0.39 is 20.5 Å². The van der Waals surface area contributed by atoms with Crippen LogP contribution in [-0.4, -0.2) is 40.2 Å². The zero-order chi connectivity index (χ0) is 30.6. The molecule has 3 rings (SSSR count). The lowest BCUT2D eigenvalue weighted by molar-refractivity contribution is -0.161. The summed E-state index contributed by atoms with van der Waals surface area (Å²) < 4.78 is 24.1. The standard InChI is InChI=1S/C36H46O5Si/c1-8-9-20-34(39-27-30-21-23-31(38-7)24-22-30)35(37)41-29(3)25-28(2)26-40-42(36(4,5)6,32-16-12-10-13-17-32)33-18-14-11-15-19-33/h8,10-19,21-25,29,34H,1,9,20,26-27H2,2-7H3/b28-25-/t29-,34?/m0/s1. The van der Waals surface area contributed by atoms with Crippen LogP contribution in [0, 0.1) is 0 Å². The van der Waals surface area contributed by atoms with Crippen molar-refractivity contribution in [3.63, 3.8) is 0 Å². The normalized spacial score (nSPS) is 13.7. The molecular formula is C36H46O5Si. The Bertz CT molecular complexity index is 1240. The van der Waals surface area contributed by atoms with Crippen molar-refractivity contribution in [3.8, 4) is 5.75 Å². The fraction of sp³-hybridized carbons (Fsp3) is 0.361. The second-order valence-electron chi connectivity index (χ2n) is 11.6. The van der Waals surface area contributed by atoms with Crippen LogP contribution in [0.5, 0.6) is 5.75 Å². The molecule has 3 aromatic carbocycles. The van der Waals surface area contributed by atoms with Gasteiger partial charge in [-0.25, -0.2) is 4.79 Å². The smallest absolute Gasteiger partial charge is 0.335 e. The molecule has 5 nitrogen and oxygen atoms in total. The first-order valence-electron chi connectivity index (χ1n) is 14.6. The number of hydrogen-bond donors (Lipinski definition) is 0. The van der Waals surface area contributed by atoms with E-state index in [9.17, 15) is 4.79 Å². The molecule has 0 aromatic heterocycles. The van der Waals surface area contributed by atoms with Gasteiger partial charge in [0.15, 0.2) is 6.10 Å². The van der Waals surface area contributed by atoms with Crippen molar-refractivity contribution in [1.29, 1.82) is 0 Å². The predicted molar refractivity (Wildman–Crippen MR) is 174 cm³/mol. The number of benzene rings is 3. The summed E-state index contributed by atoms with van der Waals surface area (Å²) in [4.78, 5) is 13.1. The van der Waals surface area contributed by atoms with Gasteiger partial charge >= 0.3 is 5.97 Å². The molecule has 0 radical (unpaired) electrons. The fourth-order valence-corrected chi connectivity index (χ4v) is 9.78. The van der Waals surface area contributed by atoms with Gasteiger partial charge in [-0.15, -0.1) is 6.58 Å². The topological polar surface area (TPSA) is 54.0 Å². The monoisotopic (exact) mass is 586 g/mol. The fourth-order valence-electron chi connectivity index (χ4n) is 5.18. The van der Waals surface area contributed by atoms with E-state index in [4.69, 9.17) is 18.6 Å². The lowest BCUT2D eigenvalue weighted by Crippen LogP contribution is -2.66. The van der Waals surface area contributed by atoms with Crippen LogP contribution in [-0.2, 0) is 25.3 Å². The average molecular weight is 587 g/mol. The Morgan fingerprint density at radius 3 is 2.00 bits per heavy atom. The molecule has 2 atom stereocenters. The number of methoxy groups -OCH3 is 1. The Morgan fingerprint density at radius 1 is 0.929 bits per heavy atom. The van der Waals surface area contributed by atoms with Crippen molar-refractivity contribution in [2.45, 2.75) is 71.3 Å². The molecule has 0 saturated heterocycles. The summed E-state index contributed by atoms with van der Waals surface area (Å²) in [5.74, 6) is 0.395. The van der Waals surface area contributed by atoms with Gasteiger partial charge in [0.1, 0.15) is 11.9 Å². The quantitative estimate of drug-likeness (QED) is 0.109. The summed E-state index contributed by atoms with van der Waals surface area (Å²) in [7, 11) is -1.03.